The lowest BCUT2D eigenvalue weighted by Gasteiger charge is -2.32. The maximum Gasteiger partial charge on any atom is 0.0553 e. The minimum Gasteiger partial charge on any atom is -0.309 e. The third-order valence-corrected chi connectivity index (χ3v) is 4.46. The quantitative estimate of drug-likeness (QED) is 0.925. The number of rotatable bonds is 4. The monoisotopic (exact) mass is 269 g/mol. The predicted octanol–water partition coefficient (Wildman–Crippen LogP) is 2.88. The van der Waals surface area contributed by atoms with Crippen molar-refractivity contribution in [2.24, 2.45) is 13.0 Å². The molecule has 1 aliphatic rings. The third kappa shape index (κ3) is 2.50. The van der Waals surface area contributed by atoms with Gasteiger partial charge in [0.2, 0.25) is 0 Å². The van der Waals surface area contributed by atoms with Crippen LogP contribution in [0.4, 0.5) is 0 Å². The highest BCUT2D eigenvalue weighted by atomic mass is 15.3. The molecule has 0 spiro atoms. The van der Waals surface area contributed by atoms with Crippen molar-refractivity contribution in [3.8, 4) is 0 Å². The Morgan fingerprint density at radius 1 is 1.30 bits per heavy atom. The summed E-state index contributed by atoms with van der Waals surface area (Å²) in [5.41, 5.74) is 4.36. The topological polar surface area (TPSA) is 29.9 Å². The van der Waals surface area contributed by atoms with Crippen LogP contribution in [0.1, 0.15) is 36.2 Å². The lowest BCUT2D eigenvalue weighted by Crippen LogP contribution is -2.33. The standard InChI is InChI=1S/C17H23N3/c1-3-18-17(16-10-11-19-20(16)2)15-9-8-13-6-4-5-7-14(13)12-15/h4-7,10-11,15,17-18H,3,8-9,12H2,1-2H3. The number of aromatic nitrogens is 2. The van der Waals surface area contributed by atoms with Crippen LogP contribution in [0.5, 0.6) is 0 Å². The molecule has 106 valence electrons. The lowest BCUT2D eigenvalue weighted by molar-refractivity contribution is 0.317. The highest BCUT2D eigenvalue weighted by molar-refractivity contribution is 5.30. The fourth-order valence-corrected chi connectivity index (χ4v) is 3.43. The fourth-order valence-electron chi connectivity index (χ4n) is 3.43. The van der Waals surface area contributed by atoms with E-state index in [2.05, 4.69) is 47.7 Å². The first-order valence-electron chi connectivity index (χ1n) is 7.57. The minimum absolute atomic E-state index is 0.404. The summed E-state index contributed by atoms with van der Waals surface area (Å²) in [5, 5.41) is 8.00. The van der Waals surface area contributed by atoms with Crippen LogP contribution in [0, 0.1) is 5.92 Å². The van der Waals surface area contributed by atoms with Gasteiger partial charge in [-0.15, -0.1) is 0 Å². The molecule has 2 aromatic rings. The molecule has 0 amide bonds. The van der Waals surface area contributed by atoms with Crippen LogP contribution in [0.25, 0.3) is 0 Å². The van der Waals surface area contributed by atoms with Gasteiger partial charge >= 0.3 is 0 Å². The Labute approximate surface area is 121 Å². The summed E-state index contributed by atoms with van der Waals surface area (Å²) >= 11 is 0. The largest absolute Gasteiger partial charge is 0.309 e. The number of nitrogens with zero attached hydrogens (tertiary/aromatic N) is 2. The SMILES string of the molecule is CCNC(c1ccnn1C)C1CCc2ccccc2C1. The molecule has 20 heavy (non-hydrogen) atoms. The van der Waals surface area contributed by atoms with Gasteiger partial charge in [0.1, 0.15) is 0 Å². The van der Waals surface area contributed by atoms with E-state index < -0.39 is 0 Å². The normalized spacial score (nSPS) is 19.6. The third-order valence-electron chi connectivity index (χ3n) is 4.46. The zero-order valence-corrected chi connectivity index (χ0v) is 12.3. The van der Waals surface area contributed by atoms with Crippen molar-refractivity contribution in [3.05, 3.63) is 53.3 Å². The molecule has 0 saturated heterocycles. The minimum atomic E-state index is 0.404. The summed E-state index contributed by atoms with van der Waals surface area (Å²) in [6.45, 7) is 3.17. The average Bonchev–Trinajstić information content (AvgIpc) is 2.90. The Kier molecular flexibility index (Phi) is 3.88. The number of hydrogen-bond donors (Lipinski definition) is 1. The van der Waals surface area contributed by atoms with Gasteiger partial charge in [-0.05, 0) is 48.9 Å². The Morgan fingerprint density at radius 2 is 2.10 bits per heavy atom. The van der Waals surface area contributed by atoms with E-state index in [1.807, 2.05) is 17.9 Å². The van der Waals surface area contributed by atoms with Crippen molar-refractivity contribution in [3.63, 3.8) is 0 Å². The van der Waals surface area contributed by atoms with E-state index in [9.17, 15) is 0 Å². The molecular formula is C17H23N3. The molecule has 3 nitrogen and oxygen atoms in total. The van der Waals surface area contributed by atoms with Crippen LogP contribution in [-0.2, 0) is 19.9 Å². The summed E-state index contributed by atoms with van der Waals surface area (Å²) in [7, 11) is 2.04. The summed E-state index contributed by atoms with van der Waals surface area (Å²) in [6.07, 6.45) is 5.51. The highest BCUT2D eigenvalue weighted by Gasteiger charge is 2.28. The Balaban J connectivity index is 1.85. The summed E-state index contributed by atoms with van der Waals surface area (Å²) in [4.78, 5) is 0. The first-order valence-corrected chi connectivity index (χ1v) is 7.57. The first-order chi connectivity index (χ1) is 9.79. The zero-order valence-electron chi connectivity index (χ0n) is 12.3. The molecule has 0 saturated carbocycles. The first kappa shape index (κ1) is 13.4. The number of fused-ring (bicyclic) bond motifs is 1. The maximum absolute atomic E-state index is 4.34. The predicted molar refractivity (Wildman–Crippen MR) is 81.6 cm³/mol. The van der Waals surface area contributed by atoms with Crippen molar-refractivity contribution in [1.29, 1.82) is 0 Å². The van der Waals surface area contributed by atoms with Gasteiger partial charge in [-0.3, -0.25) is 4.68 Å². The number of aryl methyl sites for hydroxylation is 2. The molecule has 1 N–H and O–H groups in total. The van der Waals surface area contributed by atoms with Gasteiger partial charge in [0.25, 0.3) is 0 Å². The lowest BCUT2D eigenvalue weighted by atomic mass is 9.79. The molecule has 1 aliphatic carbocycles. The van der Waals surface area contributed by atoms with Crippen LogP contribution in [0.3, 0.4) is 0 Å². The molecule has 3 heteroatoms. The summed E-state index contributed by atoms with van der Waals surface area (Å²) in [5.74, 6) is 0.653. The van der Waals surface area contributed by atoms with Crippen molar-refractivity contribution >= 4 is 0 Å². The summed E-state index contributed by atoms with van der Waals surface area (Å²) < 4.78 is 2.01. The van der Waals surface area contributed by atoms with Gasteiger partial charge in [-0.1, -0.05) is 31.2 Å². The Morgan fingerprint density at radius 3 is 2.80 bits per heavy atom. The van der Waals surface area contributed by atoms with Crippen LogP contribution < -0.4 is 5.32 Å². The van der Waals surface area contributed by atoms with E-state index in [1.54, 1.807) is 0 Å². The van der Waals surface area contributed by atoms with Crippen molar-refractivity contribution < 1.29 is 0 Å². The maximum atomic E-state index is 4.34. The molecular weight excluding hydrogens is 246 g/mol. The molecule has 1 aromatic heterocycles. The van der Waals surface area contributed by atoms with Gasteiger partial charge < -0.3 is 5.32 Å². The second-order valence-electron chi connectivity index (χ2n) is 5.69. The van der Waals surface area contributed by atoms with E-state index in [0.717, 1.165) is 6.54 Å². The van der Waals surface area contributed by atoms with Gasteiger partial charge in [-0.2, -0.15) is 5.10 Å². The molecule has 2 unspecified atom stereocenters. The average molecular weight is 269 g/mol. The van der Waals surface area contributed by atoms with Gasteiger partial charge in [0, 0.05) is 13.2 Å². The molecule has 0 fully saturated rings. The van der Waals surface area contributed by atoms with Crippen LogP contribution in [0.2, 0.25) is 0 Å². The molecule has 1 aromatic carbocycles. The van der Waals surface area contributed by atoms with Crippen LogP contribution in [0.15, 0.2) is 36.5 Å². The molecule has 0 radical (unpaired) electrons. The smallest absolute Gasteiger partial charge is 0.0553 e. The van der Waals surface area contributed by atoms with E-state index in [4.69, 9.17) is 0 Å². The molecule has 2 atom stereocenters. The van der Waals surface area contributed by atoms with Gasteiger partial charge in [0.05, 0.1) is 11.7 Å². The second-order valence-corrected chi connectivity index (χ2v) is 5.69. The molecule has 0 bridgehead atoms. The second kappa shape index (κ2) is 5.80. The van der Waals surface area contributed by atoms with Crippen LogP contribution >= 0.6 is 0 Å². The van der Waals surface area contributed by atoms with Gasteiger partial charge in [0.15, 0.2) is 0 Å². The van der Waals surface area contributed by atoms with E-state index in [1.165, 1.54) is 36.1 Å². The van der Waals surface area contributed by atoms with Crippen molar-refractivity contribution in [1.82, 2.24) is 15.1 Å². The number of hydrogen-bond acceptors (Lipinski definition) is 2. The van der Waals surface area contributed by atoms with Crippen LogP contribution in [-0.4, -0.2) is 16.3 Å². The van der Waals surface area contributed by atoms with Gasteiger partial charge in [-0.25, -0.2) is 0 Å². The number of nitrogens with one attached hydrogen (secondary N) is 1. The van der Waals surface area contributed by atoms with Crippen molar-refractivity contribution in [2.75, 3.05) is 6.54 Å². The van der Waals surface area contributed by atoms with E-state index in [0.29, 0.717) is 12.0 Å². The Hall–Kier alpha value is -1.61. The molecule has 3 rings (SSSR count). The molecule has 1 heterocycles. The summed E-state index contributed by atoms with van der Waals surface area (Å²) in [6, 6.07) is 11.4. The zero-order chi connectivity index (χ0) is 13.9. The Bertz CT molecular complexity index is 573. The van der Waals surface area contributed by atoms with E-state index >= 15 is 0 Å². The highest BCUT2D eigenvalue weighted by Crippen LogP contribution is 2.33. The van der Waals surface area contributed by atoms with Crippen molar-refractivity contribution in [2.45, 2.75) is 32.2 Å². The molecule has 0 aliphatic heterocycles. The fraction of sp³-hybridized carbons (Fsp3) is 0.471. The number of benzene rings is 1. The van der Waals surface area contributed by atoms with E-state index in [-0.39, 0.29) is 0 Å².